The molecule has 0 radical (unpaired) electrons. The van der Waals surface area contributed by atoms with Gasteiger partial charge in [0.05, 0.1) is 17.1 Å². The Morgan fingerprint density at radius 2 is 1.96 bits per heavy atom. The third-order valence-electron chi connectivity index (χ3n) is 3.11. The van der Waals surface area contributed by atoms with Crippen LogP contribution in [-0.2, 0) is 11.2 Å². The third kappa shape index (κ3) is 3.80. The first-order valence-electron chi connectivity index (χ1n) is 6.96. The first kappa shape index (κ1) is 15.8. The average molecular weight is 347 g/mol. The second kappa shape index (κ2) is 6.55. The van der Waals surface area contributed by atoms with Gasteiger partial charge >= 0.3 is 0 Å². The summed E-state index contributed by atoms with van der Waals surface area (Å²) in [5.74, 6) is -0.425. The third-order valence-corrected chi connectivity index (χ3v) is 4.91. The fraction of sp³-hybridized carbons (Fsp3) is 0.188. The normalized spacial score (nSPS) is 10.7. The van der Waals surface area contributed by atoms with Crippen molar-refractivity contribution in [2.45, 2.75) is 20.3 Å². The van der Waals surface area contributed by atoms with E-state index in [1.54, 1.807) is 18.3 Å². The summed E-state index contributed by atoms with van der Waals surface area (Å²) in [5, 5.41) is 4.26. The molecule has 118 valence electrons. The summed E-state index contributed by atoms with van der Waals surface area (Å²) in [6.45, 7) is 3.83. The first-order chi connectivity index (χ1) is 11.0. The highest BCUT2D eigenvalue weighted by Crippen LogP contribution is 2.29. The van der Waals surface area contributed by atoms with Crippen molar-refractivity contribution in [1.82, 2.24) is 9.97 Å². The smallest absolute Gasteiger partial charge is 0.231 e. The minimum Gasteiger partial charge on any atom is -0.302 e. The van der Waals surface area contributed by atoms with Gasteiger partial charge < -0.3 is 5.32 Å². The second-order valence-electron chi connectivity index (χ2n) is 5.01. The molecule has 0 aliphatic carbocycles. The highest BCUT2D eigenvalue weighted by Gasteiger charge is 2.15. The van der Waals surface area contributed by atoms with Crippen LogP contribution >= 0.6 is 22.7 Å². The van der Waals surface area contributed by atoms with Crippen LogP contribution in [0.3, 0.4) is 0 Å². The Labute approximate surface area is 141 Å². The van der Waals surface area contributed by atoms with E-state index in [2.05, 4.69) is 15.3 Å². The van der Waals surface area contributed by atoms with Gasteiger partial charge in [0.15, 0.2) is 5.13 Å². The van der Waals surface area contributed by atoms with E-state index in [-0.39, 0.29) is 18.1 Å². The number of aromatic nitrogens is 2. The zero-order valence-corrected chi connectivity index (χ0v) is 14.2. The van der Waals surface area contributed by atoms with Gasteiger partial charge in [-0.15, -0.1) is 22.7 Å². The summed E-state index contributed by atoms with van der Waals surface area (Å²) in [5.41, 5.74) is 1.54. The number of anilines is 1. The minimum atomic E-state index is -0.292. The zero-order chi connectivity index (χ0) is 16.4. The fourth-order valence-corrected chi connectivity index (χ4v) is 3.78. The van der Waals surface area contributed by atoms with Crippen LogP contribution in [0.4, 0.5) is 9.52 Å². The van der Waals surface area contributed by atoms with E-state index in [0.717, 1.165) is 26.0 Å². The lowest BCUT2D eigenvalue weighted by molar-refractivity contribution is -0.115. The topological polar surface area (TPSA) is 54.9 Å². The molecule has 0 fully saturated rings. The molecule has 1 aromatic carbocycles. The summed E-state index contributed by atoms with van der Waals surface area (Å²) in [7, 11) is 0. The van der Waals surface area contributed by atoms with Crippen LogP contribution in [0.25, 0.3) is 11.3 Å². The molecule has 7 heteroatoms. The number of carbonyl (C=O) groups is 1. The van der Waals surface area contributed by atoms with Crippen molar-refractivity contribution in [2.24, 2.45) is 0 Å². The number of halogens is 1. The van der Waals surface area contributed by atoms with E-state index in [1.807, 2.05) is 13.8 Å². The van der Waals surface area contributed by atoms with Crippen molar-refractivity contribution in [2.75, 3.05) is 5.32 Å². The number of rotatable bonds is 4. The van der Waals surface area contributed by atoms with E-state index in [9.17, 15) is 9.18 Å². The van der Waals surface area contributed by atoms with Gasteiger partial charge in [-0.25, -0.2) is 14.4 Å². The molecule has 4 nitrogen and oxygen atoms in total. The number of hydrogen-bond donors (Lipinski definition) is 1. The maximum atomic E-state index is 13.1. The van der Waals surface area contributed by atoms with Crippen LogP contribution < -0.4 is 5.32 Å². The van der Waals surface area contributed by atoms with Crippen molar-refractivity contribution in [1.29, 1.82) is 0 Å². The zero-order valence-electron chi connectivity index (χ0n) is 12.6. The average Bonchev–Trinajstić information content (AvgIpc) is 3.06. The Balaban J connectivity index is 1.80. The summed E-state index contributed by atoms with van der Waals surface area (Å²) in [6.07, 6.45) is 1.94. The van der Waals surface area contributed by atoms with Crippen molar-refractivity contribution >= 4 is 33.7 Å². The molecule has 3 rings (SSSR count). The number of nitrogens with one attached hydrogen (secondary N) is 1. The molecular weight excluding hydrogens is 333 g/mol. The Hall–Kier alpha value is -2.12. The van der Waals surface area contributed by atoms with Crippen LogP contribution in [0, 0.1) is 19.7 Å². The van der Waals surface area contributed by atoms with E-state index >= 15 is 0 Å². The van der Waals surface area contributed by atoms with Crippen molar-refractivity contribution in [3.8, 4) is 11.3 Å². The van der Waals surface area contributed by atoms with Crippen LogP contribution in [-0.4, -0.2) is 15.9 Å². The lowest BCUT2D eigenvalue weighted by atomic mass is 10.1. The lowest BCUT2D eigenvalue weighted by Crippen LogP contribution is -2.13. The summed E-state index contributed by atoms with van der Waals surface area (Å²) in [4.78, 5) is 22.7. The molecule has 0 saturated carbocycles. The fourth-order valence-electron chi connectivity index (χ4n) is 2.14. The highest BCUT2D eigenvalue weighted by atomic mass is 32.1. The number of benzene rings is 1. The number of nitrogens with zero attached hydrogens (tertiary/aromatic N) is 2. The van der Waals surface area contributed by atoms with E-state index in [4.69, 9.17) is 0 Å². The van der Waals surface area contributed by atoms with Gasteiger partial charge in [0, 0.05) is 21.5 Å². The van der Waals surface area contributed by atoms with Gasteiger partial charge in [0.1, 0.15) is 5.82 Å². The molecule has 23 heavy (non-hydrogen) atoms. The molecule has 1 amide bonds. The first-order valence-corrected chi connectivity index (χ1v) is 8.59. The summed E-state index contributed by atoms with van der Waals surface area (Å²) < 4.78 is 13.1. The monoisotopic (exact) mass is 347 g/mol. The molecule has 2 aromatic heterocycles. The van der Waals surface area contributed by atoms with Gasteiger partial charge in [-0.2, -0.15) is 0 Å². The van der Waals surface area contributed by atoms with E-state index < -0.39 is 0 Å². The molecule has 3 aromatic rings. The SMILES string of the molecule is Cc1cnc(NC(=O)Cc2sc(C)nc2-c2ccc(F)cc2)s1. The van der Waals surface area contributed by atoms with Gasteiger partial charge in [0.2, 0.25) is 5.91 Å². The van der Waals surface area contributed by atoms with Gasteiger partial charge in [-0.1, -0.05) is 0 Å². The lowest BCUT2D eigenvalue weighted by Gasteiger charge is -2.03. The summed E-state index contributed by atoms with van der Waals surface area (Å²) >= 11 is 2.91. The van der Waals surface area contributed by atoms with Crippen LogP contribution in [0.15, 0.2) is 30.5 Å². The Morgan fingerprint density at radius 3 is 2.61 bits per heavy atom. The standard InChI is InChI=1S/C16H14FN3OS2/c1-9-8-18-16(22-9)20-14(21)7-13-15(19-10(2)23-13)11-3-5-12(17)6-4-11/h3-6,8H,7H2,1-2H3,(H,18,20,21). The van der Waals surface area contributed by atoms with Crippen molar-refractivity contribution in [3.05, 3.63) is 51.0 Å². The summed E-state index contributed by atoms with van der Waals surface area (Å²) in [6, 6.07) is 6.14. The highest BCUT2D eigenvalue weighted by molar-refractivity contribution is 7.15. The molecule has 0 aliphatic heterocycles. The Morgan fingerprint density at radius 1 is 1.22 bits per heavy atom. The van der Waals surface area contributed by atoms with Crippen LogP contribution in [0.5, 0.6) is 0 Å². The van der Waals surface area contributed by atoms with Gasteiger partial charge in [-0.3, -0.25) is 4.79 Å². The number of aryl methyl sites for hydroxylation is 2. The number of amides is 1. The van der Waals surface area contributed by atoms with Crippen molar-refractivity contribution < 1.29 is 9.18 Å². The van der Waals surface area contributed by atoms with Gasteiger partial charge in [0.25, 0.3) is 0 Å². The second-order valence-corrected chi connectivity index (χ2v) is 7.54. The molecule has 0 atom stereocenters. The Bertz CT molecular complexity index is 839. The van der Waals surface area contributed by atoms with Gasteiger partial charge in [-0.05, 0) is 38.1 Å². The number of hydrogen-bond acceptors (Lipinski definition) is 5. The molecule has 1 N–H and O–H groups in total. The minimum absolute atomic E-state index is 0.133. The molecule has 0 saturated heterocycles. The number of thiazole rings is 2. The van der Waals surface area contributed by atoms with Crippen LogP contribution in [0.2, 0.25) is 0 Å². The van der Waals surface area contributed by atoms with E-state index in [1.165, 1.54) is 34.8 Å². The molecular formula is C16H14FN3OS2. The molecule has 0 bridgehead atoms. The maximum absolute atomic E-state index is 13.1. The quantitative estimate of drug-likeness (QED) is 0.769. The molecule has 0 unspecified atom stereocenters. The largest absolute Gasteiger partial charge is 0.302 e. The predicted octanol–water partition coefficient (Wildman–Crippen LogP) is 4.20. The maximum Gasteiger partial charge on any atom is 0.231 e. The Kier molecular flexibility index (Phi) is 4.49. The van der Waals surface area contributed by atoms with Crippen LogP contribution in [0.1, 0.15) is 14.8 Å². The van der Waals surface area contributed by atoms with E-state index in [0.29, 0.717) is 5.13 Å². The molecule has 2 heterocycles. The molecule has 0 aliphatic rings. The van der Waals surface area contributed by atoms with Crippen molar-refractivity contribution in [3.63, 3.8) is 0 Å². The number of carbonyl (C=O) groups excluding carboxylic acids is 1. The predicted molar refractivity (Wildman–Crippen MR) is 91.4 cm³/mol. The molecule has 0 spiro atoms.